The van der Waals surface area contributed by atoms with Crippen molar-refractivity contribution in [3.63, 3.8) is 0 Å². The molecule has 0 bridgehead atoms. The standard InChI is InChI=1S/C15H21NO4S2/c1-5-6-7-12-8-14(21-10-12)22(18,19)11-16-9-13(17)20-15(2,3)4/h8,10,16H,7,9,11H2,1-4H3. The molecule has 1 N–H and O–H groups in total. The van der Waals surface area contributed by atoms with Crippen molar-refractivity contribution >= 4 is 27.1 Å². The van der Waals surface area contributed by atoms with E-state index < -0.39 is 21.4 Å². The van der Waals surface area contributed by atoms with E-state index in [0.717, 1.165) is 16.9 Å². The molecule has 1 aromatic heterocycles. The van der Waals surface area contributed by atoms with Gasteiger partial charge >= 0.3 is 5.97 Å². The minimum Gasteiger partial charge on any atom is -0.459 e. The van der Waals surface area contributed by atoms with Gasteiger partial charge in [-0.2, -0.15) is 0 Å². The first-order valence-corrected chi connectivity index (χ1v) is 9.29. The van der Waals surface area contributed by atoms with E-state index in [2.05, 4.69) is 17.2 Å². The maximum Gasteiger partial charge on any atom is 0.320 e. The van der Waals surface area contributed by atoms with E-state index in [1.165, 1.54) is 0 Å². The number of esters is 1. The Kier molecular flexibility index (Phi) is 6.60. The normalized spacial score (nSPS) is 11.6. The number of hydrogen-bond donors (Lipinski definition) is 1. The maximum absolute atomic E-state index is 12.1. The number of ether oxygens (including phenoxy) is 1. The molecule has 0 saturated carbocycles. The summed E-state index contributed by atoms with van der Waals surface area (Å²) in [5, 5.41) is 4.40. The van der Waals surface area contributed by atoms with E-state index >= 15 is 0 Å². The molecule has 0 aliphatic heterocycles. The van der Waals surface area contributed by atoms with Crippen LogP contribution in [-0.4, -0.2) is 32.4 Å². The van der Waals surface area contributed by atoms with Crippen LogP contribution in [-0.2, 0) is 25.8 Å². The molecule has 5 nitrogen and oxygen atoms in total. The summed E-state index contributed by atoms with van der Waals surface area (Å²) >= 11 is 1.16. The quantitative estimate of drug-likeness (QED) is 0.631. The van der Waals surface area contributed by atoms with Gasteiger partial charge in [-0.05, 0) is 44.7 Å². The van der Waals surface area contributed by atoms with E-state index in [1.54, 1.807) is 39.1 Å². The first-order valence-electron chi connectivity index (χ1n) is 6.76. The van der Waals surface area contributed by atoms with Gasteiger partial charge in [-0.15, -0.1) is 17.3 Å². The molecule has 0 radical (unpaired) electrons. The molecule has 0 aliphatic carbocycles. The minimum atomic E-state index is -3.45. The Balaban J connectivity index is 2.55. The third-order valence-electron chi connectivity index (χ3n) is 2.39. The van der Waals surface area contributed by atoms with Crippen LogP contribution in [0.1, 0.15) is 33.3 Å². The Bertz CT molecular complexity index is 672. The summed E-state index contributed by atoms with van der Waals surface area (Å²) in [7, 11) is -3.45. The molecule has 1 rings (SSSR count). The van der Waals surface area contributed by atoms with Crippen LogP contribution in [0.25, 0.3) is 0 Å². The number of carbonyl (C=O) groups excluding carboxylic acids is 1. The highest BCUT2D eigenvalue weighted by atomic mass is 32.2. The number of rotatable bonds is 6. The molecular formula is C15H21NO4S2. The van der Waals surface area contributed by atoms with Gasteiger partial charge in [-0.3, -0.25) is 10.1 Å². The van der Waals surface area contributed by atoms with Crippen LogP contribution in [0.5, 0.6) is 0 Å². The molecule has 0 amide bonds. The van der Waals surface area contributed by atoms with Gasteiger partial charge in [0.1, 0.15) is 15.7 Å². The van der Waals surface area contributed by atoms with E-state index in [4.69, 9.17) is 4.74 Å². The highest BCUT2D eigenvalue weighted by molar-refractivity contribution is 7.93. The number of sulfone groups is 1. The van der Waals surface area contributed by atoms with Crippen LogP contribution < -0.4 is 5.32 Å². The lowest BCUT2D eigenvalue weighted by molar-refractivity contribution is -0.153. The second kappa shape index (κ2) is 7.77. The van der Waals surface area contributed by atoms with Crippen molar-refractivity contribution in [1.82, 2.24) is 5.32 Å². The number of thiophene rings is 1. The third kappa shape index (κ3) is 6.60. The van der Waals surface area contributed by atoms with Crippen LogP contribution in [0, 0.1) is 11.8 Å². The lowest BCUT2D eigenvalue weighted by atomic mass is 10.2. The van der Waals surface area contributed by atoms with Crippen LogP contribution >= 0.6 is 11.3 Å². The Morgan fingerprint density at radius 2 is 2.09 bits per heavy atom. The highest BCUT2D eigenvalue weighted by Crippen LogP contribution is 2.21. The zero-order valence-electron chi connectivity index (χ0n) is 13.2. The molecule has 0 spiro atoms. The van der Waals surface area contributed by atoms with Crippen LogP contribution in [0.2, 0.25) is 0 Å². The molecule has 0 saturated heterocycles. The highest BCUT2D eigenvalue weighted by Gasteiger charge is 2.19. The van der Waals surface area contributed by atoms with Crippen molar-refractivity contribution in [2.75, 3.05) is 12.4 Å². The summed E-state index contributed by atoms with van der Waals surface area (Å²) in [6, 6.07) is 1.62. The smallest absolute Gasteiger partial charge is 0.320 e. The van der Waals surface area contributed by atoms with Crippen LogP contribution in [0.4, 0.5) is 0 Å². The van der Waals surface area contributed by atoms with Crippen LogP contribution in [0.15, 0.2) is 15.7 Å². The molecular weight excluding hydrogens is 322 g/mol. The SMILES string of the molecule is CC#CCc1csc(S(=O)(=O)CNCC(=O)OC(C)(C)C)c1. The van der Waals surface area contributed by atoms with Gasteiger partial charge in [0.05, 0.1) is 6.54 Å². The predicted molar refractivity (Wildman–Crippen MR) is 87.4 cm³/mol. The van der Waals surface area contributed by atoms with Gasteiger partial charge in [0, 0.05) is 6.42 Å². The summed E-state index contributed by atoms with van der Waals surface area (Å²) in [6.07, 6.45) is 0.536. The van der Waals surface area contributed by atoms with Crippen molar-refractivity contribution in [2.24, 2.45) is 0 Å². The molecule has 0 aliphatic rings. The molecule has 122 valence electrons. The molecule has 1 aromatic rings. The maximum atomic E-state index is 12.1. The summed E-state index contributed by atoms with van der Waals surface area (Å²) in [5.41, 5.74) is 0.297. The second-order valence-corrected chi connectivity index (χ2v) is 8.78. The Labute approximate surface area is 136 Å². The number of carbonyl (C=O) groups is 1. The van der Waals surface area contributed by atoms with Gasteiger partial charge in [0.2, 0.25) is 9.84 Å². The number of hydrogen-bond acceptors (Lipinski definition) is 6. The van der Waals surface area contributed by atoms with Gasteiger partial charge < -0.3 is 4.74 Å². The van der Waals surface area contributed by atoms with Crippen LogP contribution in [0.3, 0.4) is 0 Å². The molecule has 7 heteroatoms. The first-order chi connectivity index (χ1) is 10.1. The topological polar surface area (TPSA) is 72.5 Å². The lowest BCUT2D eigenvalue weighted by Gasteiger charge is -2.19. The fourth-order valence-corrected chi connectivity index (χ4v) is 3.93. The molecule has 0 atom stereocenters. The Morgan fingerprint density at radius 3 is 2.68 bits per heavy atom. The fourth-order valence-electron chi connectivity index (χ4n) is 1.54. The fraction of sp³-hybridized carbons (Fsp3) is 0.533. The van der Waals surface area contributed by atoms with E-state index in [-0.39, 0.29) is 16.6 Å². The average Bonchev–Trinajstić information content (AvgIpc) is 2.83. The zero-order chi connectivity index (χ0) is 16.8. The van der Waals surface area contributed by atoms with Gasteiger partial charge in [0.25, 0.3) is 0 Å². The van der Waals surface area contributed by atoms with E-state index in [1.807, 2.05) is 0 Å². The molecule has 0 fully saturated rings. The summed E-state index contributed by atoms with van der Waals surface area (Å²) < 4.78 is 29.7. The van der Waals surface area contributed by atoms with Crippen molar-refractivity contribution in [1.29, 1.82) is 0 Å². The Morgan fingerprint density at radius 1 is 1.41 bits per heavy atom. The van der Waals surface area contributed by atoms with Gasteiger partial charge in [-0.25, -0.2) is 8.42 Å². The van der Waals surface area contributed by atoms with Gasteiger partial charge in [-0.1, -0.05) is 5.92 Å². The average molecular weight is 343 g/mol. The molecule has 0 unspecified atom stereocenters. The summed E-state index contributed by atoms with van der Waals surface area (Å²) in [5.74, 6) is 4.89. The van der Waals surface area contributed by atoms with E-state index in [9.17, 15) is 13.2 Å². The predicted octanol–water partition coefficient (Wildman–Crippen LogP) is 1.98. The largest absolute Gasteiger partial charge is 0.459 e. The Hall–Kier alpha value is -1.36. The lowest BCUT2D eigenvalue weighted by Crippen LogP contribution is -2.33. The second-order valence-electron chi connectivity index (χ2n) is 5.65. The minimum absolute atomic E-state index is 0.143. The molecule has 1 heterocycles. The van der Waals surface area contributed by atoms with Gasteiger partial charge in [0.15, 0.2) is 0 Å². The first kappa shape index (κ1) is 18.7. The monoisotopic (exact) mass is 343 g/mol. The molecule has 0 aromatic carbocycles. The van der Waals surface area contributed by atoms with Crippen molar-refractivity contribution in [3.8, 4) is 11.8 Å². The summed E-state index contributed by atoms with van der Waals surface area (Å²) in [6.45, 7) is 6.87. The van der Waals surface area contributed by atoms with Crippen molar-refractivity contribution in [3.05, 3.63) is 17.0 Å². The summed E-state index contributed by atoms with van der Waals surface area (Å²) in [4.78, 5) is 11.5. The number of nitrogens with one attached hydrogen (secondary N) is 1. The third-order valence-corrected chi connectivity index (χ3v) is 5.52. The molecule has 22 heavy (non-hydrogen) atoms. The van der Waals surface area contributed by atoms with Crippen molar-refractivity contribution < 1.29 is 17.9 Å². The van der Waals surface area contributed by atoms with E-state index in [0.29, 0.717) is 6.42 Å². The van der Waals surface area contributed by atoms with Crippen molar-refractivity contribution in [2.45, 2.75) is 43.9 Å². The zero-order valence-corrected chi connectivity index (χ0v) is 14.9.